The van der Waals surface area contributed by atoms with Crippen molar-refractivity contribution in [3.63, 3.8) is 0 Å². The predicted molar refractivity (Wildman–Crippen MR) is 131 cm³/mol. The summed E-state index contributed by atoms with van der Waals surface area (Å²) >= 11 is 0. The number of fused-ring (bicyclic) bond motifs is 8. The van der Waals surface area contributed by atoms with Gasteiger partial charge < -0.3 is 0 Å². The monoisotopic (exact) mass is 411 g/mol. The molecule has 0 saturated heterocycles. The van der Waals surface area contributed by atoms with Gasteiger partial charge in [-0.25, -0.2) is 9.97 Å². The zero-order valence-electron chi connectivity index (χ0n) is 18.0. The van der Waals surface area contributed by atoms with Crippen LogP contribution in [-0.2, 0) is 5.41 Å². The van der Waals surface area contributed by atoms with E-state index in [4.69, 9.17) is 0 Å². The van der Waals surface area contributed by atoms with Gasteiger partial charge in [-0.2, -0.15) is 0 Å². The Labute approximate surface area is 186 Å². The van der Waals surface area contributed by atoms with Crippen LogP contribution >= 0.6 is 0 Å². The first-order valence-electron chi connectivity index (χ1n) is 11.0. The SMILES string of the molecule is CC1(C)c2cc3ccccc3cc2-c2c1ccc1c2c2ccccc2n1-c1ncccn1. The van der Waals surface area contributed by atoms with E-state index in [2.05, 4.69) is 101 Å². The number of rotatable bonds is 1. The van der Waals surface area contributed by atoms with Gasteiger partial charge in [-0.05, 0) is 63.4 Å². The lowest BCUT2D eigenvalue weighted by atomic mass is 9.81. The number of aromatic nitrogens is 3. The quantitative estimate of drug-likeness (QED) is 0.291. The maximum Gasteiger partial charge on any atom is 0.234 e. The minimum atomic E-state index is -0.0602. The Morgan fingerprint density at radius 1 is 0.688 bits per heavy atom. The minimum absolute atomic E-state index is 0.0602. The summed E-state index contributed by atoms with van der Waals surface area (Å²) in [5.41, 5.74) is 7.68. The lowest BCUT2D eigenvalue weighted by Crippen LogP contribution is -2.14. The van der Waals surface area contributed by atoms with Gasteiger partial charge in [0, 0.05) is 28.6 Å². The molecule has 6 aromatic rings. The van der Waals surface area contributed by atoms with Gasteiger partial charge in [0.1, 0.15) is 0 Å². The number of hydrogen-bond donors (Lipinski definition) is 0. The van der Waals surface area contributed by atoms with Crippen LogP contribution < -0.4 is 0 Å². The van der Waals surface area contributed by atoms with E-state index in [1.165, 1.54) is 43.8 Å². The lowest BCUT2D eigenvalue weighted by Gasteiger charge is -2.21. The first-order valence-corrected chi connectivity index (χ1v) is 11.0. The highest BCUT2D eigenvalue weighted by atomic mass is 15.1. The molecule has 3 heteroatoms. The van der Waals surface area contributed by atoms with E-state index < -0.39 is 0 Å². The summed E-state index contributed by atoms with van der Waals surface area (Å²) in [5, 5.41) is 5.10. The fourth-order valence-electron chi connectivity index (χ4n) is 5.59. The Morgan fingerprint density at radius 2 is 1.41 bits per heavy atom. The van der Waals surface area contributed by atoms with Crippen molar-refractivity contribution in [3.8, 4) is 17.1 Å². The third-order valence-corrected chi connectivity index (χ3v) is 7.09. The summed E-state index contributed by atoms with van der Waals surface area (Å²) in [7, 11) is 0. The first kappa shape index (κ1) is 17.7. The molecule has 0 bridgehead atoms. The zero-order chi connectivity index (χ0) is 21.4. The van der Waals surface area contributed by atoms with Gasteiger partial charge in [-0.1, -0.05) is 62.4 Å². The van der Waals surface area contributed by atoms with E-state index in [9.17, 15) is 0 Å². The fourth-order valence-corrected chi connectivity index (χ4v) is 5.59. The van der Waals surface area contributed by atoms with Crippen LogP contribution in [0.4, 0.5) is 0 Å². The summed E-state index contributed by atoms with van der Waals surface area (Å²) in [5.74, 6) is 0.703. The van der Waals surface area contributed by atoms with Crippen LogP contribution in [0, 0.1) is 0 Å². The molecule has 7 rings (SSSR count). The maximum atomic E-state index is 4.58. The Hall–Kier alpha value is -3.98. The summed E-state index contributed by atoms with van der Waals surface area (Å²) in [6.07, 6.45) is 3.61. The van der Waals surface area contributed by atoms with E-state index in [-0.39, 0.29) is 5.41 Å². The van der Waals surface area contributed by atoms with E-state index in [0.29, 0.717) is 5.95 Å². The second-order valence-electron chi connectivity index (χ2n) is 9.15. The van der Waals surface area contributed by atoms with Gasteiger partial charge in [0.05, 0.1) is 11.0 Å². The molecule has 0 unspecified atom stereocenters. The molecule has 0 radical (unpaired) electrons. The Balaban J connectivity index is 1.69. The highest BCUT2D eigenvalue weighted by Gasteiger charge is 2.37. The fraction of sp³-hybridized carbons (Fsp3) is 0.103. The maximum absolute atomic E-state index is 4.58. The molecule has 32 heavy (non-hydrogen) atoms. The zero-order valence-corrected chi connectivity index (χ0v) is 18.0. The van der Waals surface area contributed by atoms with Gasteiger partial charge in [0.2, 0.25) is 5.95 Å². The smallest absolute Gasteiger partial charge is 0.234 e. The van der Waals surface area contributed by atoms with Crippen molar-refractivity contribution >= 4 is 32.6 Å². The third-order valence-electron chi connectivity index (χ3n) is 7.09. The van der Waals surface area contributed by atoms with Crippen LogP contribution in [0.5, 0.6) is 0 Å². The van der Waals surface area contributed by atoms with Gasteiger partial charge >= 0.3 is 0 Å². The van der Waals surface area contributed by atoms with Crippen LogP contribution in [0.1, 0.15) is 25.0 Å². The van der Waals surface area contributed by atoms with Gasteiger partial charge in [0.15, 0.2) is 0 Å². The standard InChI is InChI=1S/C29H21N3/c1-29(2)22-12-13-25-27(26(22)21-16-18-8-3-4-9-19(18)17-23(21)29)20-10-5-6-11-24(20)32(25)28-30-14-7-15-31-28/h3-17H,1-2H3. The molecule has 0 N–H and O–H groups in total. The van der Waals surface area contributed by atoms with Gasteiger partial charge in [0.25, 0.3) is 0 Å². The van der Waals surface area contributed by atoms with E-state index in [1.54, 1.807) is 12.4 Å². The molecule has 0 saturated carbocycles. The minimum Gasteiger partial charge on any atom is -0.278 e. The Morgan fingerprint density at radius 3 is 2.22 bits per heavy atom. The van der Waals surface area contributed by atoms with Crippen LogP contribution in [0.15, 0.2) is 91.3 Å². The van der Waals surface area contributed by atoms with Crippen molar-refractivity contribution < 1.29 is 0 Å². The van der Waals surface area contributed by atoms with Crippen molar-refractivity contribution in [3.05, 3.63) is 102 Å². The van der Waals surface area contributed by atoms with Crippen LogP contribution in [0.3, 0.4) is 0 Å². The van der Waals surface area contributed by atoms with E-state index >= 15 is 0 Å². The molecule has 0 atom stereocenters. The molecule has 152 valence electrons. The van der Waals surface area contributed by atoms with Crippen LogP contribution in [-0.4, -0.2) is 14.5 Å². The lowest BCUT2D eigenvalue weighted by molar-refractivity contribution is 0.661. The Kier molecular flexibility index (Phi) is 3.34. The number of nitrogens with zero attached hydrogens (tertiary/aromatic N) is 3. The van der Waals surface area contributed by atoms with Gasteiger partial charge in [-0.3, -0.25) is 4.57 Å². The molecule has 4 aromatic carbocycles. The number of para-hydroxylation sites is 1. The van der Waals surface area contributed by atoms with Crippen molar-refractivity contribution in [1.82, 2.24) is 14.5 Å². The predicted octanol–water partition coefficient (Wildman–Crippen LogP) is 7.03. The van der Waals surface area contributed by atoms with Crippen LogP contribution in [0.2, 0.25) is 0 Å². The van der Waals surface area contributed by atoms with Crippen LogP contribution in [0.25, 0.3) is 49.7 Å². The molecule has 0 fully saturated rings. The number of hydrogen-bond acceptors (Lipinski definition) is 2. The second kappa shape index (κ2) is 6.04. The largest absolute Gasteiger partial charge is 0.278 e. The molecule has 2 aromatic heterocycles. The molecular formula is C29H21N3. The normalized spacial score (nSPS) is 14.2. The van der Waals surface area contributed by atoms with Gasteiger partial charge in [-0.15, -0.1) is 0 Å². The molecule has 3 nitrogen and oxygen atoms in total. The molecule has 1 aliphatic carbocycles. The topological polar surface area (TPSA) is 30.7 Å². The third kappa shape index (κ3) is 2.15. The summed E-state index contributed by atoms with van der Waals surface area (Å²) in [6.45, 7) is 4.69. The summed E-state index contributed by atoms with van der Waals surface area (Å²) < 4.78 is 2.19. The molecule has 2 heterocycles. The Bertz CT molecular complexity index is 1690. The highest BCUT2D eigenvalue weighted by Crippen LogP contribution is 2.53. The molecule has 0 spiro atoms. The van der Waals surface area contributed by atoms with E-state index in [0.717, 1.165) is 11.0 Å². The summed E-state index contributed by atoms with van der Waals surface area (Å²) in [4.78, 5) is 9.16. The molecular weight excluding hydrogens is 390 g/mol. The molecule has 1 aliphatic rings. The highest BCUT2D eigenvalue weighted by molar-refractivity contribution is 6.18. The van der Waals surface area contributed by atoms with E-state index in [1.807, 2.05) is 6.07 Å². The molecule has 0 amide bonds. The number of benzene rings is 4. The molecule has 0 aliphatic heterocycles. The van der Waals surface area contributed by atoms with Crippen molar-refractivity contribution in [2.75, 3.05) is 0 Å². The van der Waals surface area contributed by atoms with Crippen molar-refractivity contribution in [2.45, 2.75) is 19.3 Å². The summed E-state index contributed by atoms with van der Waals surface area (Å²) in [6, 6.07) is 28.4. The second-order valence-corrected chi connectivity index (χ2v) is 9.15. The van der Waals surface area contributed by atoms with Crippen molar-refractivity contribution in [2.24, 2.45) is 0 Å². The average Bonchev–Trinajstić information content (AvgIpc) is 3.28. The van der Waals surface area contributed by atoms with Crippen molar-refractivity contribution in [1.29, 1.82) is 0 Å². The average molecular weight is 412 g/mol. The first-order chi connectivity index (χ1) is 15.6.